The van der Waals surface area contributed by atoms with Gasteiger partial charge in [0.15, 0.2) is 6.17 Å². The Labute approximate surface area is 206 Å². The van der Waals surface area contributed by atoms with Crippen LogP contribution < -0.4 is 10.6 Å². The van der Waals surface area contributed by atoms with Crippen LogP contribution in [0.3, 0.4) is 0 Å². The molecular formula is C29H56N3O+. The highest BCUT2D eigenvalue weighted by atomic mass is 16.1. The van der Waals surface area contributed by atoms with E-state index < -0.39 is 0 Å². The van der Waals surface area contributed by atoms with Crippen LogP contribution in [0.15, 0.2) is 24.6 Å². The lowest BCUT2D eigenvalue weighted by Gasteiger charge is -2.37. The van der Waals surface area contributed by atoms with Crippen LogP contribution in [0.4, 0.5) is 0 Å². The number of rotatable bonds is 22. The van der Waals surface area contributed by atoms with Crippen molar-refractivity contribution in [2.75, 3.05) is 19.6 Å². The molecule has 0 aromatic carbocycles. The molecule has 0 radical (unpaired) electrons. The van der Waals surface area contributed by atoms with E-state index in [2.05, 4.69) is 49.0 Å². The summed E-state index contributed by atoms with van der Waals surface area (Å²) in [4.78, 5) is 11.2. The maximum Gasteiger partial charge on any atom is 0.217 e. The molecule has 33 heavy (non-hydrogen) atoms. The second-order valence-corrected chi connectivity index (χ2v) is 10.1. The van der Waals surface area contributed by atoms with Gasteiger partial charge in [-0.1, -0.05) is 96.1 Å². The van der Waals surface area contributed by atoms with Crippen molar-refractivity contribution in [3.8, 4) is 0 Å². The first-order valence-electron chi connectivity index (χ1n) is 14.3. The molecule has 2 N–H and O–H groups in total. The Kier molecular flexibility index (Phi) is 18.1. The van der Waals surface area contributed by atoms with Crippen molar-refractivity contribution in [1.82, 2.24) is 10.6 Å². The minimum absolute atomic E-state index is 0.0679. The highest BCUT2D eigenvalue weighted by Gasteiger charge is 2.36. The molecule has 0 aromatic rings. The van der Waals surface area contributed by atoms with E-state index in [0.717, 1.165) is 24.1 Å². The first kappa shape index (κ1) is 29.7. The van der Waals surface area contributed by atoms with Crippen LogP contribution in [0.1, 0.15) is 130 Å². The molecule has 0 saturated heterocycles. The van der Waals surface area contributed by atoms with Crippen LogP contribution in [-0.2, 0) is 4.79 Å². The Balaban J connectivity index is 1.91. The average molecular weight is 463 g/mol. The molecule has 1 aliphatic heterocycles. The van der Waals surface area contributed by atoms with Gasteiger partial charge < -0.3 is 10.6 Å². The molecule has 1 aliphatic rings. The van der Waals surface area contributed by atoms with E-state index >= 15 is 0 Å². The number of unbranched alkanes of at least 4 members (excludes halogenated alkanes) is 14. The quantitative estimate of drug-likeness (QED) is 0.0989. The molecule has 4 nitrogen and oxygen atoms in total. The molecule has 1 rings (SSSR count). The zero-order valence-corrected chi connectivity index (χ0v) is 22.4. The number of quaternary nitrogens is 1. The van der Waals surface area contributed by atoms with Gasteiger partial charge in [-0.2, -0.15) is 0 Å². The fourth-order valence-corrected chi connectivity index (χ4v) is 5.00. The first-order valence-corrected chi connectivity index (χ1v) is 14.3. The van der Waals surface area contributed by atoms with Crippen LogP contribution in [-0.4, -0.2) is 36.2 Å². The van der Waals surface area contributed by atoms with Crippen LogP contribution in [0.25, 0.3) is 0 Å². The predicted octanol–water partition coefficient (Wildman–Crippen LogP) is 7.57. The number of nitrogens with zero attached hydrogens (tertiary/aromatic N) is 1. The minimum atomic E-state index is 0.0679. The van der Waals surface area contributed by atoms with Gasteiger partial charge >= 0.3 is 0 Å². The number of allylic oxidation sites excluding steroid dienone is 2. The molecule has 0 aliphatic carbocycles. The lowest BCUT2D eigenvalue weighted by atomic mass is 10.0. The molecule has 0 aromatic heterocycles. The van der Waals surface area contributed by atoms with E-state index in [1.54, 1.807) is 6.92 Å². The Morgan fingerprint density at radius 3 is 1.94 bits per heavy atom. The molecule has 0 fully saturated rings. The lowest BCUT2D eigenvalue weighted by Crippen LogP contribution is -2.55. The smallest absolute Gasteiger partial charge is 0.217 e. The van der Waals surface area contributed by atoms with Crippen LogP contribution in [0.2, 0.25) is 0 Å². The molecule has 2 unspecified atom stereocenters. The predicted molar refractivity (Wildman–Crippen MR) is 144 cm³/mol. The van der Waals surface area contributed by atoms with Crippen LogP contribution in [0, 0.1) is 0 Å². The average Bonchev–Trinajstić information content (AvgIpc) is 3.21. The Morgan fingerprint density at radius 1 is 0.848 bits per heavy atom. The highest BCUT2D eigenvalue weighted by Crippen LogP contribution is 2.23. The Morgan fingerprint density at radius 2 is 1.39 bits per heavy atom. The third-order valence-corrected chi connectivity index (χ3v) is 7.24. The zero-order chi connectivity index (χ0) is 24.0. The standard InChI is InChI=1S/C29H55N3O/c1-4-6-7-8-9-10-11-12-13-14-15-16-17-18-19-20-21-22-23-29-31-25-27-32(29,5-2)26-24-30-28(3)33/h7-8,25,27,29,31H,4-6,9-24,26H2,1-3H3/p+1/b8-7+. The van der Waals surface area contributed by atoms with Gasteiger partial charge in [0.25, 0.3) is 0 Å². The number of amides is 1. The molecule has 0 bridgehead atoms. The lowest BCUT2D eigenvalue weighted by molar-refractivity contribution is -0.898. The molecule has 2 atom stereocenters. The third kappa shape index (κ3) is 14.6. The molecule has 0 spiro atoms. The van der Waals surface area contributed by atoms with Crippen molar-refractivity contribution in [3.05, 3.63) is 24.6 Å². The van der Waals surface area contributed by atoms with E-state index in [9.17, 15) is 4.79 Å². The molecular weight excluding hydrogens is 406 g/mol. The molecule has 1 heterocycles. The summed E-state index contributed by atoms with van der Waals surface area (Å²) in [6.45, 7) is 8.90. The van der Waals surface area contributed by atoms with Crippen molar-refractivity contribution in [1.29, 1.82) is 0 Å². The summed E-state index contributed by atoms with van der Waals surface area (Å²) in [6.07, 6.45) is 32.9. The topological polar surface area (TPSA) is 41.1 Å². The van der Waals surface area contributed by atoms with Crippen molar-refractivity contribution in [2.45, 2.75) is 136 Å². The SMILES string of the molecule is CCC/C=C/CCCCCCCCCCCCCCCC1NC=C[N+]1(CC)CCNC(C)=O. The van der Waals surface area contributed by atoms with Crippen molar-refractivity contribution in [3.63, 3.8) is 0 Å². The van der Waals surface area contributed by atoms with E-state index in [1.165, 1.54) is 109 Å². The summed E-state index contributed by atoms with van der Waals surface area (Å²) < 4.78 is 0.955. The van der Waals surface area contributed by atoms with Crippen molar-refractivity contribution < 1.29 is 9.28 Å². The molecule has 4 heteroatoms. The Hall–Kier alpha value is -1.29. The van der Waals surface area contributed by atoms with Gasteiger partial charge in [0.05, 0.1) is 19.3 Å². The van der Waals surface area contributed by atoms with Gasteiger partial charge in [-0.15, -0.1) is 0 Å². The fraction of sp³-hybridized carbons (Fsp3) is 0.828. The van der Waals surface area contributed by atoms with Gasteiger partial charge in [0, 0.05) is 13.3 Å². The number of carbonyl (C=O) groups is 1. The highest BCUT2D eigenvalue weighted by molar-refractivity contribution is 5.72. The van der Waals surface area contributed by atoms with Crippen molar-refractivity contribution in [2.24, 2.45) is 0 Å². The third-order valence-electron chi connectivity index (χ3n) is 7.24. The minimum Gasteiger partial charge on any atom is -0.351 e. The van der Waals surface area contributed by atoms with Crippen LogP contribution >= 0.6 is 0 Å². The van der Waals surface area contributed by atoms with Gasteiger partial charge in [0.1, 0.15) is 12.7 Å². The summed E-state index contributed by atoms with van der Waals surface area (Å²) in [5.41, 5.74) is 0. The second-order valence-electron chi connectivity index (χ2n) is 10.1. The summed E-state index contributed by atoms with van der Waals surface area (Å²) in [5, 5.41) is 6.53. The Bertz CT molecular complexity index is 531. The van der Waals surface area contributed by atoms with Gasteiger partial charge in [0.2, 0.25) is 5.91 Å². The maximum atomic E-state index is 11.2. The van der Waals surface area contributed by atoms with Gasteiger partial charge in [-0.3, -0.25) is 9.28 Å². The van der Waals surface area contributed by atoms with E-state index in [-0.39, 0.29) is 5.91 Å². The normalized spacial score (nSPS) is 19.9. The molecule has 0 saturated carbocycles. The summed E-state index contributed by atoms with van der Waals surface area (Å²) >= 11 is 0. The molecule has 192 valence electrons. The largest absolute Gasteiger partial charge is 0.351 e. The van der Waals surface area contributed by atoms with Crippen molar-refractivity contribution >= 4 is 5.91 Å². The summed E-state index contributed by atoms with van der Waals surface area (Å²) in [7, 11) is 0. The van der Waals surface area contributed by atoms with Gasteiger partial charge in [-0.05, 0) is 32.6 Å². The number of hydrogen-bond acceptors (Lipinski definition) is 2. The molecule has 1 amide bonds. The van der Waals surface area contributed by atoms with E-state index in [0.29, 0.717) is 6.17 Å². The number of nitrogens with one attached hydrogen (secondary N) is 2. The number of carbonyl (C=O) groups excluding carboxylic acids is 1. The second kappa shape index (κ2) is 20.1. The van der Waals surface area contributed by atoms with E-state index in [4.69, 9.17) is 0 Å². The number of likely N-dealkylation sites (N-methyl/N-ethyl adjacent to an activating group) is 1. The fourth-order valence-electron chi connectivity index (χ4n) is 5.00. The zero-order valence-electron chi connectivity index (χ0n) is 22.4. The number of hydrogen-bond donors (Lipinski definition) is 2. The first-order chi connectivity index (χ1) is 16.1. The summed E-state index contributed by atoms with van der Waals surface area (Å²) in [5.74, 6) is 0.0679. The monoisotopic (exact) mass is 462 g/mol. The summed E-state index contributed by atoms with van der Waals surface area (Å²) in [6, 6.07) is 0. The maximum absolute atomic E-state index is 11.2. The van der Waals surface area contributed by atoms with E-state index in [1.807, 2.05) is 0 Å². The van der Waals surface area contributed by atoms with Gasteiger partial charge in [-0.25, -0.2) is 0 Å². The van der Waals surface area contributed by atoms with Crippen LogP contribution in [0.5, 0.6) is 0 Å².